The van der Waals surface area contributed by atoms with Gasteiger partial charge in [0.05, 0.1) is 6.04 Å². The van der Waals surface area contributed by atoms with Gasteiger partial charge in [-0.25, -0.2) is 0 Å². The van der Waals surface area contributed by atoms with Crippen LogP contribution in [-0.2, 0) is 16.2 Å². The molecule has 1 aliphatic carbocycles. The smallest absolute Gasteiger partial charge is 0.227 e. The van der Waals surface area contributed by atoms with Gasteiger partial charge in [-0.05, 0) is 114 Å². The van der Waals surface area contributed by atoms with Crippen LogP contribution in [0.4, 0.5) is 28.4 Å². The van der Waals surface area contributed by atoms with Crippen LogP contribution < -0.4 is 20.7 Å². The van der Waals surface area contributed by atoms with Gasteiger partial charge in [-0.15, -0.1) is 0 Å². The standard InChI is InChI=1S/C48H49BN2/c1-46(2,3)31-19-24-34(25-20-31)50-39-17-12-18-40-44(39)49(38-28-23-33(29-41(38)50)48(7,8)9)43-36-15-10-13-30-14-11-16-37(42(30)36)45(43)51(40)35-26-21-32(22-27-35)47(4,5)6/h10-29,43,45H,1-9H3. The monoisotopic (exact) mass is 664 g/mol. The van der Waals surface area contributed by atoms with Gasteiger partial charge >= 0.3 is 0 Å². The van der Waals surface area contributed by atoms with Crippen LogP contribution in [0, 0.1) is 0 Å². The molecule has 2 heterocycles. The van der Waals surface area contributed by atoms with Crippen molar-refractivity contribution in [3.63, 3.8) is 0 Å². The molecule has 2 aliphatic heterocycles. The lowest BCUT2D eigenvalue weighted by atomic mass is 9.29. The van der Waals surface area contributed by atoms with Crippen molar-refractivity contribution >= 4 is 56.8 Å². The summed E-state index contributed by atoms with van der Waals surface area (Å²) >= 11 is 0. The molecule has 0 radical (unpaired) electrons. The Bertz CT molecular complexity index is 2330. The van der Waals surface area contributed by atoms with Crippen molar-refractivity contribution in [3.8, 4) is 0 Å². The second-order valence-electron chi connectivity index (χ2n) is 18.3. The molecule has 2 nitrogen and oxygen atoms in total. The average Bonchev–Trinajstić information content (AvgIpc) is 3.42. The van der Waals surface area contributed by atoms with E-state index in [1.807, 2.05) is 0 Å². The summed E-state index contributed by atoms with van der Waals surface area (Å²) in [6.07, 6.45) is 0. The van der Waals surface area contributed by atoms with Gasteiger partial charge in [-0.1, -0.05) is 141 Å². The lowest BCUT2D eigenvalue weighted by Gasteiger charge is -2.49. The van der Waals surface area contributed by atoms with Crippen LogP contribution in [0.15, 0.2) is 121 Å². The second kappa shape index (κ2) is 10.9. The zero-order valence-electron chi connectivity index (χ0n) is 31.7. The Kier molecular flexibility index (Phi) is 6.86. The van der Waals surface area contributed by atoms with Crippen LogP contribution in [0.2, 0.25) is 0 Å². The number of anilines is 5. The van der Waals surface area contributed by atoms with E-state index in [4.69, 9.17) is 0 Å². The molecular weight excluding hydrogens is 615 g/mol. The quantitative estimate of drug-likeness (QED) is 0.170. The van der Waals surface area contributed by atoms with Gasteiger partial charge < -0.3 is 9.80 Å². The highest BCUT2D eigenvalue weighted by Gasteiger charge is 2.54. The fourth-order valence-electron chi connectivity index (χ4n) is 9.30. The van der Waals surface area contributed by atoms with E-state index < -0.39 is 0 Å². The summed E-state index contributed by atoms with van der Waals surface area (Å²) in [5.41, 5.74) is 16.4. The Balaban J connectivity index is 1.35. The maximum absolute atomic E-state index is 2.69. The predicted molar refractivity (Wildman–Crippen MR) is 220 cm³/mol. The van der Waals surface area contributed by atoms with E-state index in [9.17, 15) is 0 Å². The Morgan fingerprint density at radius 3 is 1.63 bits per heavy atom. The van der Waals surface area contributed by atoms with E-state index in [-0.39, 0.29) is 34.8 Å². The zero-order valence-corrected chi connectivity index (χ0v) is 31.7. The predicted octanol–water partition coefficient (Wildman–Crippen LogP) is 11.7. The Morgan fingerprint density at radius 1 is 0.490 bits per heavy atom. The summed E-state index contributed by atoms with van der Waals surface area (Å²) in [6, 6.07) is 47.4. The Hall–Kier alpha value is -4.76. The Labute approximate surface area is 305 Å². The first-order chi connectivity index (χ1) is 24.2. The first-order valence-corrected chi connectivity index (χ1v) is 18.8. The van der Waals surface area contributed by atoms with Gasteiger partial charge in [0.2, 0.25) is 6.71 Å². The van der Waals surface area contributed by atoms with E-state index in [1.54, 1.807) is 0 Å². The normalized spacial score (nSPS) is 17.8. The average molecular weight is 665 g/mol. The molecule has 2 unspecified atom stereocenters. The first-order valence-electron chi connectivity index (χ1n) is 18.8. The van der Waals surface area contributed by atoms with Crippen LogP contribution >= 0.6 is 0 Å². The van der Waals surface area contributed by atoms with Crippen molar-refractivity contribution in [2.24, 2.45) is 0 Å². The van der Waals surface area contributed by atoms with Gasteiger partial charge in [-0.3, -0.25) is 0 Å². The molecule has 0 N–H and O–H groups in total. The highest BCUT2D eigenvalue weighted by Crippen LogP contribution is 2.57. The van der Waals surface area contributed by atoms with E-state index >= 15 is 0 Å². The number of rotatable bonds is 2. The lowest BCUT2D eigenvalue weighted by Crippen LogP contribution is -2.60. The molecule has 6 aromatic carbocycles. The summed E-state index contributed by atoms with van der Waals surface area (Å²) in [4.78, 5) is 5.26. The number of hydrogen-bond donors (Lipinski definition) is 0. The van der Waals surface area contributed by atoms with Crippen molar-refractivity contribution < 1.29 is 0 Å². The third kappa shape index (κ3) is 4.84. The second-order valence-corrected chi connectivity index (χ2v) is 18.3. The van der Waals surface area contributed by atoms with E-state index in [1.165, 1.54) is 78.0 Å². The van der Waals surface area contributed by atoms with Crippen LogP contribution in [-0.4, -0.2) is 6.71 Å². The summed E-state index contributed by atoms with van der Waals surface area (Å²) in [6.45, 7) is 21.0. The van der Waals surface area contributed by atoms with Crippen LogP contribution in [0.1, 0.15) is 102 Å². The third-order valence-corrected chi connectivity index (χ3v) is 12.0. The van der Waals surface area contributed by atoms with Gasteiger partial charge in [0.1, 0.15) is 0 Å². The molecule has 6 aromatic rings. The van der Waals surface area contributed by atoms with E-state index in [0.717, 1.165) is 0 Å². The minimum atomic E-state index is 0.0270. The molecule has 51 heavy (non-hydrogen) atoms. The fourth-order valence-corrected chi connectivity index (χ4v) is 9.30. The molecule has 0 saturated heterocycles. The van der Waals surface area contributed by atoms with Crippen LogP contribution in [0.3, 0.4) is 0 Å². The molecule has 2 atom stereocenters. The maximum Gasteiger partial charge on any atom is 0.227 e. The minimum Gasteiger partial charge on any atom is -0.334 e. The number of benzene rings is 6. The molecule has 0 amide bonds. The summed E-state index contributed by atoms with van der Waals surface area (Å²) in [5.74, 6) is 0.256. The minimum absolute atomic E-state index is 0.0270. The van der Waals surface area contributed by atoms with Crippen molar-refractivity contribution in [1.29, 1.82) is 0 Å². The number of nitrogens with zero attached hydrogens (tertiary/aromatic N) is 2. The van der Waals surface area contributed by atoms with Crippen LogP contribution in [0.5, 0.6) is 0 Å². The fraction of sp³-hybridized carbons (Fsp3) is 0.292. The molecular formula is C48H49BN2. The summed E-state index contributed by atoms with van der Waals surface area (Å²) in [7, 11) is 0. The lowest BCUT2D eigenvalue weighted by molar-refractivity contribution is 0.589. The van der Waals surface area contributed by atoms with Crippen molar-refractivity contribution in [2.75, 3.05) is 9.80 Å². The SMILES string of the molecule is CC(C)(C)c1ccc(N2c3cc(C(C)(C)C)ccc3B3c4c2cccc4N(c2ccc(C(C)(C)C)cc2)C2c4cccc5cccc(c45)C32)cc1. The van der Waals surface area contributed by atoms with Crippen LogP contribution in [0.25, 0.3) is 10.8 Å². The van der Waals surface area contributed by atoms with Crippen molar-refractivity contribution in [1.82, 2.24) is 0 Å². The molecule has 254 valence electrons. The molecule has 0 fully saturated rings. The molecule has 0 saturated carbocycles. The summed E-state index contributed by atoms with van der Waals surface area (Å²) in [5, 5.41) is 2.78. The molecule has 0 spiro atoms. The van der Waals surface area contributed by atoms with E-state index in [2.05, 4.69) is 193 Å². The van der Waals surface area contributed by atoms with E-state index in [0.29, 0.717) is 0 Å². The highest BCUT2D eigenvalue weighted by molar-refractivity contribution is 6.91. The first kappa shape index (κ1) is 32.2. The number of hydrogen-bond acceptors (Lipinski definition) is 2. The summed E-state index contributed by atoms with van der Waals surface area (Å²) < 4.78 is 0. The Morgan fingerprint density at radius 2 is 1.02 bits per heavy atom. The van der Waals surface area contributed by atoms with Crippen molar-refractivity contribution in [3.05, 3.63) is 149 Å². The molecule has 0 aromatic heterocycles. The topological polar surface area (TPSA) is 6.48 Å². The molecule has 3 heteroatoms. The van der Waals surface area contributed by atoms with Gasteiger partial charge in [0.25, 0.3) is 0 Å². The molecule has 9 rings (SSSR count). The highest BCUT2D eigenvalue weighted by atomic mass is 15.2. The maximum atomic E-state index is 2.69. The van der Waals surface area contributed by atoms with Gasteiger partial charge in [0.15, 0.2) is 0 Å². The number of fused-ring (bicyclic) bond motifs is 6. The van der Waals surface area contributed by atoms with Crippen molar-refractivity contribution in [2.45, 2.75) is 90.4 Å². The van der Waals surface area contributed by atoms with Gasteiger partial charge in [0, 0.05) is 28.4 Å². The molecule has 0 bridgehead atoms. The third-order valence-electron chi connectivity index (χ3n) is 12.0. The largest absolute Gasteiger partial charge is 0.334 e. The molecule has 3 aliphatic rings. The van der Waals surface area contributed by atoms with Gasteiger partial charge in [-0.2, -0.15) is 0 Å². The zero-order chi connectivity index (χ0) is 35.6.